The highest BCUT2D eigenvalue weighted by Crippen LogP contribution is 2.35. The molecule has 0 radical (unpaired) electrons. The second kappa shape index (κ2) is 12.7. The summed E-state index contributed by atoms with van der Waals surface area (Å²) in [4.78, 5) is 36.9. The Morgan fingerprint density at radius 1 is 1.05 bits per heavy atom. The maximum atomic E-state index is 14.4. The van der Waals surface area contributed by atoms with E-state index in [1.165, 1.54) is 29.8 Å². The smallest absolute Gasteiger partial charge is 0.416 e. The van der Waals surface area contributed by atoms with Crippen LogP contribution in [0.1, 0.15) is 33.8 Å². The van der Waals surface area contributed by atoms with Crippen molar-refractivity contribution in [1.29, 1.82) is 0 Å². The Morgan fingerprint density at radius 2 is 1.68 bits per heavy atom. The highest BCUT2D eigenvalue weighted by atomic mass is 19.4. The molecule has 2 amide bonds. The molecule has 8 nitrogen and oxygen atoms in total. The zero-order valence-corrected chi connectivity index (χ0v) is 21.5. The van der Waals surface area contributed by atoms with E-state index in [9.17, 15) is 36.3 Å². The first kappa shape index (κ1) is 30.3. The number of ether oxygens (including phenoxy) is 2. The quantitative estimate of drug-likeness (QED) is 0.433. The van der Waals surface area contributed by atoms with Gasteiger partial charge < -0.3 is 24.7 Å². The van der Waals surface area contributed by atoms with E-state index >= 15 is 0 Å². The van der Waals surface area contributed by atoms with Crippen LogP contribution in [0.15, 0.2) is 59.5 Å². The number of halogens is 5. The SMILES string of the molecule is COCCn1cccc(N2CC(c3c(F)cc(OC)cc3F)CC2=O)c1=O.NC(=O)c1ccc(C(F)(F)F)cc1. The van der Waals surface area contributed by atoms with Crippen molar-refractivity contribution in [3.8, 4) is 5.75 Å². The van der Waals surface area contributed by atoms with E-state index in [0.29, 0.717) is 13.2 Å². The Labute approximate surface area is 225 Å². The number of hydrogen-bond donors (Lipinski definition) is 1. The highest BCUT2D eigenvalue weighted by Gasteiger charge is 2.36. The van der Waals surface area contributed by atoms with Gasteiger partial charge in [0.15, 0.2) is 0 Å². The summed E-state index contributed by atoms with van der Waals surface area (Å²) in [5, 5.41) is 0. The Balaban J connectivity index is 0.000000285. The Morgan fingerprint density at radius 3 is 2.20 bits per heavy atom. The summed E-state index contributed by atoms with van der Waals surface area (Å²) >= 11 is 0. The van der Waals surface area contributed by atoms with Crippen LogP contribution in [-0.4, -0.2) is 43.8 Å². The molecule has 1 fully saturated rings. The molecule has 1 aliphatic rings. The molecule has 0 saturated carbocycles. The normalized spacial score (nSPS) is 15.0. The number of anilines is 1. The van der Waals surface area contributed by atoms with Gasteiger partial charge in [-0.2, -0.15) is 13.2 Å². The predicted octanol–water partition coefficient (Wildman–Crippen LogP) is 4.11. The first-order valence-corrected chi connectivity index (χ1v) is 11.9. The van der Waals surface area contributed by atoms with Crippen molar-refractivity contribution in [2.75, 3.05) is 32.3 Å². The number of nitrogens with two attached hydrogens (primary N) is 1. The van der Waals surface area contributed by atoms with Crippen molar-refractivity contribution in [2.24, 2.45) is 5.73 Å². The molecular formula is C27H26F5N3O5. The van der Waals surface area contributed by atoms with E-state index < -0.39 is 35.2 Å². The van der Waals surface area contributed by atoms with E-state index in [2.05, 4.69) is 0 Å². The molecule has 214 valence electrons. The molecular weight excluding hydrogens is 541 g/mol. The highest BCUT2D eigenvalue weighted by molar-refractivity contribution is 5.96. The number of carbonyl (C=O) groups is 2. The molecule has 0 aliphatic carbocycles. The minimum Gasteiger partial charge on any atom is -0.497 e. The molecule has 3 aromatic rings. The lowest BCUT2D eigenvalue weighted by Crippen LogP contribution is -2.33. The minimum absolute atomic E-state index is 0.0303. The van der Waals surface area contributed by atoms with Gasteiger partial charge in [0.1, 0.15) is 23.1 Å². The lowest BCUT2D eigenvalue weighted by atomic mass is 9.97. The van der Waals surface area contributed by atoms with E-state index in [1.807, 2.05) is 0 Å². The molecule has 13 heteroatoms. The van der Waals surface area contributed by atoms with Gasteiger partial charge in [-0.3, -0.25) is 14.4 Å². The van der Waals surface area contributed by atoms with Crippen LogP contribution < -0.4 is 20.9 Å². The van der Waals surface area contributed by atoms with Gasteiger partial charge in [-0.25, -0.2) is 8.78 Å². The Kier molecular flexibility index (Phi) is 9.64. The van der Waals surface area contributed by atoms with Crippen LogP contribution >= 0.6 is 0 Å². The van der Waals surface area contributed by atoms with E-state index in [-0.39, 0.29) is 47.0 Å². The molecule has 2 N–H and O–H groups in total. The third-order valence-corrected chi connectivity index (χ3v) is 6.15. The van der Waals surface area contributed by atoms with Crippen LogP contribution in [0.2, 0.25) is 0 Å². The van der Waals surface area contributed by atoms with Crippen molar-refractivity contribution in [2.45, 2.75) is 25.1 Å². The van der Waals surface area contributed by atoms with Gasteiger partial charge in [-0.05, 0) is 36.4 Å². The van der Waals surface area contributed by atoms with Crippen LogP contribution in [0.3, 0.4) is 0 Å². The minimum atomic E-state index is -4.38. The molecule has 1 saturated heterocycles. The van der Waals surface area contributed by atoms with Crippen molar-refractivity contribution < 1.29 is 41.0 Å². The van der Waals surface area contributed by atoms with Crippen molar-refractivity contribution in [3.63, 3.8) is 0 Å². The van der Waals surface area contributed by atoms with Crippen molar-refractivity contribution in [3.05, 3.63) is 93.4 Å². The fourth-order valence-electron chi connectivity index (χ4n) is 4.12. The van der Waals surface area contributed by atoms with E-state index in [4.69, 9.17) is 15.2 Å². The van der Waals surface area contributed by atoms with Gasteiger partial charge >= 0.3 is 6.18 Å². The molecule has 40 heavy (non-hydrogen) atoms. The number of carbonyl (C=O) groups excluding carboxylic acids is 2. The van der Waals surface area contributed by atoms with Crippen molar-refractivity contribution >= 4 is 17.5 Å². The van der Waals surface area contributed by atoms with Crippen molar-refractivity contribution in [1.82, 2.24) is 4.57 Å². The zero-order chi connectivity index (χ0) is 29.6. The average molecular weight is 568 g/mol. The Bertz CT molecular complexity index is 1400. The first-order valence-electron chi connectivity index (χ1n) is 11.9. The molecule has 2 heterocycles. The summed E-state index contributed by atoms with van der Waals surface area (Å²) in [6, 6.07) is 9.10. The van der Waals surface area contributed by atoms with Crippen LogP contribution in [0.4, 0.5) is 27.6 Å². The second-order valence-electron chi connectivity index (χ2n) is 8.73. The van der Waals surface area contributed by atoms with Gasteiger partial charge in [0.25, 0.3) is 5.56 Å². The van der Waals surface area contributed by atoms with Crippen LogP contribution in [0.5, 0.6) is 5.75 Å². The molecule has 0 bridgehead atoms. The van der Waals surface area contributed by atoms with Crippen LogP contribution in [0.25, 0.3) is 0 Å². The number of aromatic nitrogens is 1. The summed E-state index contributed by atoms with van der Waals surface area (Å²) in [6.45, 7) is 0.723. The standard InChI is InChI=1S/C19H20F2N2O4.C8H6F3NO/c1-26-7-6-22-5-3-4-16(19(22)25)23-11-12(8-17(23)24)18-14(20)9-13(27-2)10-15(18)21;9-8(10,11)6-3-1-5(2-4-6)7(12)13/h3-5,9-10,12H,6-8,11H2,1-2H3;1-4H,(H2,12,13). The van der Waals surface area contributed by atoms with E-state index in [1.54, 1.807) is 12.3 Å². The van der Waals surface area contributed by atoms with Crippen LogP contribution in [0, 0.1) is 11.6 Å². The summed E-state index contributed by atoms with van der Waals surface area (Å²) < 4.78 is 76.0. The van der Waals surface area contributed by atoms with Gasteiger partial charge in [0, 0.05) is 62.0 Å². The summed E-state index contributed by atoms with van der Waals surface area (Å²) in [6.07, 6.45) is -2.85. The predicted molar refractivity (Wildman–Crippen MR) is 135 cm³/mol. The third-order valence-electron chi connectivity index (χ3n) is 6.15. The fourth-order valence-corrected chi connectivity index (χ4v) is 4.12. The number of hydrogen-bond acceptors (Lipinski definition) is 5. The first-order chi connectivity index (χ1) is 18.9. The second-order valence-corrected chi connectivity index (χ2v) is 8.73. The summed E-state index contributed by atoms with van der Waals surface area (Å²) in [7, 11) is 2.85. The molecule has 1 unspecified atom stereocenters. The average Bonchev–Trinajstić information content (AvgIpc) is 3.28. The maximum Gasteiger partial charge on any atom is 0.416 e. The molecule has 1 atom stereocenters. The maximum absolute atomic E-state index is 14.4. The fraction of sp³-hybridized carbons (Fsp3) is 0.296. The monoisotopic (exact) mass is 567 g/mol. The van der Waals surface area contributed by atoms with E-state index in [0.717, 1.165) is 36.4 Å². The number of nitrogens with zero attached hydrogens (tertiary/aromatic N) is 2. The van der Waals surface area contributed by atoms with Gasteiger partial charge in [-0.15, -0.1) is 0 Å². The number of benzene rings is 2. The number of pyridine rings is 1. The number of primary amides is 1. The third kappa shape index (κ3) is 7.03. The summed E-state index contributed by atoms with van der Waals surface area (Å²) in [5.74, 6) is -3.24. The Hall–Kier alpha value is -4.26. The molecule has 4 rings (SSSR count). The van der Waals surface area contributed by atoms with Crippen LogP contribution in [-0.2, 0) is 22.3 Å². The zero-order valence-electron chi connectivity index (χ0n) is 21.5. The lowest BCUT2D eigenvalue weighted by molar-refractivity contribution is -0.137. The van der Waals surface area contributed by atoms with Gasteiger partial charge in [0.05, 0.1) is 19.3 Å². The largest absolute Gasteiger partial charge is 0.497 e. The number of methoxy groups -OCH3 is 2. The topological polar surface area (TPSA) is 104 Å². The molecule has 1 aliphatic heterocycles. The molecule has 2 aromatic carbocycles. The number of amides is 2. The number of alkyl halides is 3. The van der Waals surface area contributed by atoms with Gasteiger partial charge in [0.2, 0.25) is 11.8 Å². The molecule has 1 aromatic heterocycles. The summed E-state index contributed by atoms with van der Waals surface area (Å²) in [5.41, 5.74) is 3.80. The molecule has 0 spiro atoms. The number of rotatable bonds is 7. The lowest BCUT2D eigenvalue weighted by Gasteiger charge is -2.18. The van der Waals surface area contributed by atoms with Gasteiger partial charge in [-0.1, -0.05) is 0 Å².